The van der Waals surface area contributed by atoms with Crippen molar-refractivity contribution in [2.75, 3.05) is 0 Å². The molecule has 0 aromatic carbocycles. The van der Waals surface area contributed by atoms with Gasteiger partial charge in [0.25, 0.3) is 0 Å². The lowest BCUT2D eigenvalue weighted by atomic mass is 9.68. The standard InChI is InChI=1S/C14H20N2/c1-3-12-6-7-14(11(2)10-16)13(9-12)5-4-8-15/h3,11-14H,1,4-7,9H2,2H3. The van der Waals surface area contributed by atoms with E-state index in [9.17, 15) is 0 Å². The Labute approximate surface area is 98.6 Å². The molecule has 0 spiro atoms. The highest BCUT2D eigenvalue weighted by Crippen LogP contribution is 2.40. The molecule has 1 aliphatic carbocycles. The molecular formula is C14H20N2. The van der Waals surface area contributed by atoms with E-state index in [0.717, 1.165) is 25.7 Å². The molecule has 2 heteroatoms. The molecule has 4 unspecified atom stereocenters. The zero-order chi connectivity index (χ0) is 12.0. The monoisotopic (exact) mass is 216 g/mol. The van der Waals surface area contributed by atoms with E-state index < -0.39 is 0 Å². The molecule has 0 amide bonds. The first-order valence-electron chi connectivity index (χ1n) is 6.12. The smallest absolute Gasteiger partial charge is 0.0655 e. The van der Waals surface area contributed by atoms with E-state index in [0.29, 0.717) is 24.2 Å². The third-order valence-electron chi connectivity index (χ3n) is 3.89. The Kier molecular flexibility index (Phi) is 5.06. The summed E-state index contributed by atoms with van der Waals surface area (Å²) in [6, 6.07) is 4.58. The SMILES string of the molecule is C=CC1CCC(C(C)C#N)C(CCC#N)C1. The second kappa shape index (κ2) is 6.33. The van der Waals surface area contributed by atoms with Crippen LogP contribution in [0.25, 0.3) is 0 Å². The van der Waals surface area contributed by atoms with Gasteiger partial charge in [-0.3, -0.25) is 0 Å². The molecule has 0 bridgehead atoms. The van der Waals surface area contributed by atoms with E-state index in [1.807, 2.05) is 13.0 Å². The molecule has 0 heterocycles. The number of hydrogen-bond donors (Lipinski definition) is 0. The lowest BCUT2D eigenvalue weighted by molar-refractivity contribution is 0.161. The molecule has 16 heavy (non-hydrogen) atoms. The summed E-state index contributed by atoms with van der Waals surface area (Å²) in [5.41, 5.74) is 0. The highest BCUT2D eigenvalue weighted by molar-refractivity contribution is 4.95. The maximum absolute atomic E-state index is 9.02. The largest absolute Gasteiger partial charge is 0.198 e. The predicted octanol–water partition coefficient (Wildman–Crippen LogP) is 3.67. The van der Waals surface area contributed by atoms with Crippen molar-refractivity contribution < 1.29 is 0 Å². The summed E-state index contributed by atoms with van der Waals surface area (Å²) >= 11 is 0. The maximum atomic E-state index is 9.02. The van der Waals surface area contributed by atoms with E-state index in [-0.39, 0.29) is 5.92 Å². The normalized spacial score (nSPS) is 31.1. The number of allylic oxidation sites excluding steroid dienone is 1. The van der Waals surface area contributed by atoms with Gasteiger partial charge in [-0.2, -0.15) is 10.5 Å². The first kappa shape index (κ1) is 12.8. The Morgan fingerprint density at radius 3 is 2.75 bits per heavy atom. The number of nitrogens with zero attached hydrogens (tertiary/aromatic N) is 2. The van der Waals surface area contributed by atoms with Gasteiger partial charge in [0.15, 0.2) is 0 Å². The first-order valence-corrected chi connectivity index (χ1v) is 6.12. The molecule has 0 N–H and O–H groups in total. The summed E-state index contributed by atoms with van der Waals surface area (Å²) in [7, 11) is 0. The fourth-order valence-corrected chi connectivity index (χ4v) is 2.87. The summed E-state index contributed by atoms with van der Waals surface area (Å²) in [5.74, 6) is 1.72. The molecule has 0 radical (unpaired) electrons. The van der Waals surface area contributed by atoms with Crippen LogP contribution in [-0.2, 0) is 0 Å². The molecule has 2 nitrogen and oxygen atoms in total. The van der Waals surface area contributed by atoms with Gasteiger partial charge in [-0.25, -0.2) is 0 Å². The van der Waals surface area contributed by atoms with Crippen LogP contribution in [0.5, 0.6) is 0 Å². The highest BCUT2D eigenvalue weighted by atomic mass is 14.4. The Bertz CT molecular complexity index is 308. The minimum absolute atomic E-state index is 0.120. The molecule has 86 valence electrons. The minimum Gasteiger partial charge on any atom is -0.198 e. The molecule has 1 fully saturated rings. The molecule has 4 atom stereocenters. The van der Waals surface area contributed by atoms with Crippen LogP contribution in [0.2, 0.25) is 0 Å². The summed E-state index contributed by atoms with van der Waals surface area (Å²) in [6.45, 7) is 5.87. The van der Waals surface area contributed by atoms with Crippen LogP contribution in [0.15, 0.2) is 12.7 Å². The van der Waals surface area contributed by atoms with E-state index in [4.69, 9.17) is 10.5 Å². The Morgan fingerprint density at radius 1 is 1.44 bits per heavy atom. The molecule has 0 aromatic heterocycles. The lowest BCUT2D eigenvalue weighted by Gasteiger charge is -2.36. The van der Waals surface area contributed by atoms with Crippen molar-refractivity contribution in [3.05, 3.63) is 12.7 Å². The van der Waals surface area contributed by atoms with Crippen molar-refractivity contribution >= 4 is 0 Å². The molecule has 0 aliphatic heterocycles. The van der Waals surface area contributed by atoms with E-state index in [2.05, 4.69) is 18.7 Å². The summed E-state index contributed by atoms with van der Waals surface area (Å²) < 4.78 is 0. The van der Waals surface area contributed by atoms with Gasteiger partial charge in [-0.15, -0.1) is 6.58 Å². The molecule has 0 saturated heterocycles. The summed E-state index contributed by atoms with van der Waals surface area (Å²) in [4.78, 5) is 0. The molecule has 0 aromatic rings. The average Bonchev–Trinajstić information content (AvgIpc) is 2.34. The van der Waals surface area contributed by atoms with Gasteiger partial charge in [0.2, 0.25) is 0 Å². The Morgan fingerprint density at radius 2 is 2.19 bits per heavy atom. The summed E-state index contributed by atoms with van der Waals surface area (Å²) in [5, 5.41) is 17.7. The van der Waals surface area contributed by atoms with Crippen LogP contribution in [0, 0.1) is 46.3 Å². The van der Waals surface area contributed by atoms with Gasteiger partial charge in [-0.05, 0) is 50.4 Å². The number of hydrogen-bond acceptors (Lipinski definition) is 2. The molecule has 1 rings (SSSR count). The summed E-state index contributed by atoms with van der Waals surface area (Å²) in [6.07, 6.45) is 6.97. The van der Waals surface area contributed by atoms with E-state index in [1.54, 1.807) is 0 Å². The van der Waals surface area contributed by atoms with Crippen LogP contribution in [-0.4, -0.2) is 0 Å². The van der Waals surface area contributed by atoms with E-state index >= 15 is 0 Å². The minimum atomic E-state index is 0.120. The van der Waals surface area contributed by atoms with Crippen molar-refractivity contribution in [3.63, 3.8) is 0 Å². The zero-order valence-electron chi connectivity index (χ0n) is 10.0. The van der Waals surface area contributed by atoms with Crippen LogP contribution >= 0.6 is 0 Å². The Balaban J connectivity index is 2.64. The zero-order valence-corrected chi connectivity index (χ0v) is 10.0. The topological polar surface area (TPSA) is 47.6 Å². The Hall–Kier alpha value is -1.28. The van der Waals surface area contributed by atoms with E-state index in [1.165, 1.54) is 0 Å². The van der Waals surface area contributed by atoms with Gasteiger partial charge in [-0.1, -0.05) is 6.08 Å². The number of rotatable bonds is 4. The van der Waals surface area contributed by atoms with Crippen molar-refractivity contribution in [1.82, 2.24) is 0 Å². The quantitative estimate of drug-likeness (QED) is 0.673. The average molecular weight is 216 g/mol. The maximum Gasteiger partial charge on any atom is 0.0655 e. The first-order chi connectivity index (χ1) is 7.72. The van der Waals surface area contributed by atoms with Gasteiger partial charge < -0.3 is 0 Å². The second-order valence-electron chi connectivity index (χ2n) is 4.85. The molecule has 1 aliphatic rings. The molecular weight excluding hydrogens is 196 g/mol. The van der Waals surface area contributed by atoms with Crippen molar-refractivity contribution in [1.29, 1.82) is 10.5 Å². The van der Waals surface area contributed by atoms with Crippen LogP contribution in [0.4, 0.5) is 0 Å². The van der Waals surface area contributed by atoms with Gasteiger partial charge in [0, 0.05) is 12.3 Å². The fourth-order valence-electron chi connectivity index (χ4n) is 2.87. The van der Waals surface area contributed by atoms with Crippen LogP contribution in [0.3, 0.4) is 0 Å². The van der Waals surface area contributed by atoms with Gasteiger partial charge in [0.1, 0.15) is 0 Å². The second-order valence-corrected chi connectivity index (χ2v) is 4.85. The van der Waals surface area contributed by atoms with Crippen LogP contribution in [0.1, 0.15) is 39.0 Å². The van der Waals surface area contributed by atoms with Crippen LogP contribution < -0.4 is 0 Å². The number of nitriles is 2. The van der Waals surface area contributed by atoms with Crippen molar-refractivity contribution in [2.24, 2.45) is 23.7 Å². The molecule has 1 saturated carbocycles. The van der Waals surface area contributed by atoms with Gasteiger partial charge in [0.05, 0.1) is 12.1 Å². The third kappa shape index (κ3) is 3.11. The van der Waals surface area contributed by atoms with Crippen molar-refractivity contribution in [2.45, 2.75) is 39.0 Å². The van der Waals surface area contributed by atoms with Gasteiger partial charge >= 0.3 is 0 Å². The highest BCUT2D eigenvalue weighted by Gasteiger charge is 2.32. The lowest BCUT2D eigenvalue weighted by Crippen LogP contribution is -2.28. The third-order valence-corrected chi connectivity index (χ3v) is 3.89. The predicted molar refractivity (Wildman–Crippen MR) is 64.1 cm³/mol. The van der Waals surface area contributed by atoms with Crippen molar-refractivity contribution in [3.8, 4) is 12.1 Å². The fraction of sp³-hybridized carbons (Fsp3) is 0.714.